The molecule has 2 saturated heterocycles. The summed E-state index contributed by atoms with van der Waals surface area (Å²) in [5.41, 5.74) is 3.75. The first kappa shape index (κ1) is 31.3. The van der Waals surface area contributed by atoms with Crippen LogP contribution in [0.5, 0.6) is 5.75 Å². The number of hydrogen-bond donors (Lipinski definition) is 1. The van der Waals surface area contributed by atoms with Crippen LogP contribution in [0.15, 0.2) is 60.7 Å². The van der Waals surface area contributed by atoms with Gasteiger partial charge in [-0.25, -0.2) is 4.79 Å². The van der Waals surface area contributed by atoms with Crippen LogP contribution < -0.4 is 9.80 Å². The summed E-state index contributed by atoms with van der Waals surface area (Å²) >= 11 is 0. The molecule has 2 aliphatic rings. The second-order valence-corrected chi connectivity index (χ2v) is 12.8. The van der Waals surface area contributed by atoms with Crippen LogP contribution in [-0.4, -0.2) is 85.2 Å². The number of piperazine rings is 2. The zero-order valence-corrected chi connectivity index (χ0v) is 26.2. The van der Waals surface area contributed by atoms with E-state index in [4.69, 9.17) is 4.74 Å². The number of ether oxygens (including phenoxy) is 1. The number of hydrogen-bond acceptors (Lipinski definition) is 9. The standard InChI is InChI=1S/C34H43N5O5/c1-34(2,3)27-11-9-25(10-12-27)23-36-17-21-38(22-18-36)29-14-13-28(37-19-15-35(4)16-20-37)31(32(29)39(42)43)33(41)44-24-26-7-5-6-8-30(26)40/h5-14,40H,15-24H2,1-4H3. The molecule has 0 aliphatic carbocycles. The van der Waals surface area contributed by atoms with Crippen LogP contribution >= 0.6 is 0 Å². The number of anilines is 2. The number of aromatic hydroxyl groups is 1. The molecule has 2 fully saturated rings. The molecule has 2 aliphatic heterocycles. The average molecular weight is 602 g/mol. The molecule has 0 unspecified atom stereocenters. The summed E-state index contributed by atoms with van der Waals surface area (Å²) in [6.45, 7) is 12.8. The third-order valence-corrected chi connectivity index (χ3v) is 8.65. The summed E-state index contributed by atoms with van der Waals surface area (Å²) in [7, 11) is 2.03. The molecule has 3 aromatic carbocycles. The van der Waals surface area contributed by atoms with Crippen LogP contribution in [0.25, 0.3) is 0 Å². The van der Waals surface area contributed by atoms with E-state index in [-0.39, 0.29) is 29.0 Å². The van der Waals surface area contributed by atoms with Gasteiger partial charge in [-0.2, -0.15) is 0 Å². The van der Waals surface area contributed by atoms with E-state index in [1.165, 1.54) is 17.2 Å². The molecule has 5 rings (SSSR count). The third kappa shape index (κ3) is 7.14. The number of carbonyl (C=O) groups excluding carboxylic acids is 1. The van der Waals surface area contributed by atoms with Gasteiger partial charge in [0.1, 0.15) is 18.0 Å². The SMILES string of the molecule is CN1CCN(c2ccc(N3CCN(Cc4ccc(C(C)(C)C)cc4)CC3)c([N+](=O)[O-])c2C(=O)OCc2ccccc2O)CC1. The monoisotopic (exact) mass is 601 g/mol. The van der Waals surface area contributed by atoms with Crippen molar-refractivity contribution in [2.24, 2.45) is 0 Å². The van der Waals surface area contributed by atoms with Crippen molar-refractivity contribution < 1.29 is 19.6 Å². The smallest absolute Gasteiger partial charge is 0.347 e. The highest BCUT2D eigenvalue weighted by Gasteiger charge is 2.35. The lowest BCUT2D eigenvalue weighted by Crippen LogP contribution is -2.46. The van der Waals surface area contributed by atoms with Crippen molar-refractivity contribution in [3.05, 3.63) is 93.0 Å². The van der Waals surface area contributed by atoms with E-state index in [1.54, 1.807) is 24.3 Å². The van der Waals surface area contributed by atoms with Crippen molar-refractivity contribution in [3.63, 3.8) is 0 Å². The maximum absolute atomic E-state index is 13.7. The van der Waals surface area contributed by atoms with Crippen molar-refractivity contribution in [1.82, 2.24) is 9.80 Å². The second-order valence-electron chi connectivity index (χ2n) is 12.8. The molecule has 0 atom stereocenters. The topological polar surface area (TPSA) is 103 Å². The molecular weight excluding hydrogens is 558 g/mol. The van der Waals surface area contributed by atoms with Gasteiger partial charge in [-0.3, -0.25) is 15.0 Å². The third-order valence-electron chi connectivity index (χ3n) is 8.65. The zero-order chi connectivity index (χ0) is 31.4. The molecule has 1 N–H and O–H groups in total. The van der Waals surface area contributed by atoms with Gasteiger partial charge in [-0.05, 0) is 41.8 Å². The van der Waals surface area contributed by atoms with Gasteiger partial charge in [0, 0.05) is 64.5 Å². The maximum atomic E-state index is 13.7. The number of phenolic OH excluding ortho intramolecular Hbond substituents is 1. The maximum Gasteiger partial charge on any atom is 0.347 e. The molecule has 2 heterocycles. The Kier molecular flexibility index (Phi) is 9.41. The molecule has 0 radical (unpaired) electrons. The molecule has 0 aromatic heterocycles. The fourth-order valence-corrected chi connectivity index (χ4v) is 5.89. The number of nitro benzene ring substituents is 1. The first-order chi connectivity index (χ1) is 21.0. The number of nitro groups is 1. The molecule has 0 amide bonds. The Morgan fingerprint density at radius 2 is 1.45 bits per heavy atom. The molecule has 3 aromatic rings. The lowest BCUT2D eigenvalue weighted by atomic mass is 9.87. The van der Waals surface area contributed by atoms with E-state index in [0.29, 0.717) is 43.1 Å². The number of nitrogens with zero attached hydrogens (tertiary/aromatic N) is 5. The average Bonchev–Trinajstić information content (AvgIpc) is 3.00. The number of esters is 1. The highest BCUT2D eigenvalue weighted by molar-refractivity contribution is 6.03. The summed E-state index contributed by atoms with van der Waals surface area (Å²) in [6, 6.07) is 19.0. The van der Waals surface area contributed by atoms with Gasteiger partial charge < -0.3 is 24.5 Å². The normalized spacial score (nSPS) is 16.6. The zero-order valence-electron chi connectivity index (χ0n) is 26.2. The molecule has 0 bridgehead atoms. The van der Waals surface area contributed by atoms with E-state index in [0.717, 1.165) is 32.7 Å². The fraction of sp³-hybridized carbons (Fsp3) is 0.441. The Hall–Kier alpha value is -4.15. The highest BCUT2D eigenvalue weighted by atomic mass is 16.6. The molecule has 0 spiro atoms. The predicted molar refractivity (Wildman–Crippen MR) is 173 cm³/mol. The van der Waals surface area contributed by atoms with Gasteiger partial charge >= 0.3 is 11.7 Å². The first-order valence-electron chi connectivity index (χ1n) is 15.3. The van der Waals surface area contributed by atoms with Crippen molar-refractivity contribution in [2.75, 3.05) is 69.2 Å². The van der Waals surface area contributed by atoms with Gasteiger partial charge in [0.15, 0.2) is 5.56 Å². The largest absolute Gasteiger partial charge is 0.508 e. The Morgan fingerprint density at radius 3 is 2.07 bits per heavy atom. The minimum atomic E-state index is -0.770. The van der Waals surface area contributed by atoms with Crippen LogP contribution in [0.2, 0.25) is 0 Å². The van der Waals surface area contributed by atoms with E-state index in [1.807, 2.05) is 22.9 Å². The minimum absolute atomic E-state index is 0.00542. The Bertz CT molecular complexity index is 1470. The minimum Gasteiger partial charge on any atom is -0.508 e. The molecule has 10 heteroatoms. The van der Waals surface area contributed by atoms with Gasteiger partial charge in [0.25, 0.3) is 0 Å². The van der Waals surface area contributed by atoms with Gasteiger partial charge in [-0.1, -0.05) is 63.2 Å². The van der Waals surface area contributed by atoms with Crippen LogP contribution in [0.4, 0.5) is 17.1 Å². The second kappa shape index (κ2) is 13.2. The number of likely N-dealkylation sites (N-methyl/N-ethyl adjacent to an activating group) is 1. The fourth-order valence-electron chi connectivity index (χ4n) is 5.89. The van der Waals surface area contributed by atoms with E-state index in [2.05, 4.69) is 54.8 Å². The number of carbonyl (C=O) groups is 1. The number of benzene rings is 3. The van der Waals surface area contributed by atoms with Crippen LogP contribution in [-0.2, 0) is 23.3 Å². The highest BCUT2D eigenvalue weighted by Crippen LogP contribution is 2.40. The summed E-state index contributed by atoms with van der Waals surface area (Å²) in [6.07, 6.45) is 0. The Labute approximate surface area is 259 Å². The summed E-state index contributed by atoms with van der Waals surface area (Å²) in [5, 5.41) is 22.9. The summed E-state index contributed by atoms with van der Waals surface area (Å²) in [4.78, 5) is 34.5. The van der Waals surface area contributed by atoms with E-state index in [9.17, 15) is 20.0 Å². The molecule has 10 nitrogen and oxygen atoms in total. The first-order valence-corrected chi connectivity index (χ1v) is 15.3. The lowest BCUT2D eigenvalue weighted by Gasteiger charge is -2.37. The van der Waals surface area contributed by atoms with Gasteiger partial charge in [0.2, 0.25) is 0 Å². The molecular formula is C34H43N5O5. The van der Waals surface area contributed by atoms with Crippen molar-refractivity contribution in [2.45, 2.75) is 39.3 Å². The van der Waals surface area contributed by atoms with Crippen molar-refractivity contribution in [3.8, 4) is 5.75 Å². The van der Waals surface area contributed by atoms with E-state index < -0.39 is 10.9 Å². The van der Waals surface area contributed by atoms with Crippen LogP contribution in [0.1, 0.15) is 47.8 Å². The van der Waals surface area contributed by atoms with Crippen molar-refractivity contribution in [1.29, 1.82) is 0 Å². The lowest BCUT2D eigenvalue weighted by molar-refractivity contribution is -0.384. The molecule has 0 saturated carbocycles. The summed E-state index contributed by atoms with van der Waals surface area (Å²) < 4.78 is 5.63. The quantitative estimate of drug-likeness (QED) is 0.216. The number of rotatable bonds is 8. The van der Waals surface area contributed by atoms with Crippen LogP contribution in [0, 0.1) is 10.1 Å². The van der Waals surface area contributed by atoms with Crippen molar-refractivity contribution >= 4 is 23.0 Å². The predicted octanol–water partition coefficient (Wildman–Crippen LogP) is 5.03. The Balaban J connectivity index is 1.38. The Morgan fingerprint density at radius 1 is 0.864 bits per heavy atom. The van der Waals surface area contributed by atoms with Gasteiger partial charge in [0.05, 0.1) is 10.6 Å². The van der Waals surface area contributed by atoms with E-state index >= 15 is 0 Å². The number of para-hydroxylation sites is 1. The summed E-state index contributed by atoms with van der Waals surface area (Å²) in [5.74, 6) is -0.765. The molecule has 44 heavy (non-hydrogen) atoms. The van der Waals surface area contributed by atoms with Crippen LogP contribution in [0.3, 0.4) is 0 Å². The van der Waals surface area contributed by atoms with Gasteiger partial charge in [-0.15, -0.1) is 0 Å². The molecule has 234 valence electrons. The number of phenols is 1.